The van der Waals surface area contributed by atoms with Gasteiger partial charge in [0.2, 0.25) is 5.91 Å². The summed E-state index contributed by atoms with van der Waals surface area (Å²) in [6, 6.07) is 0.820. The Kier molecular flexibility index (Phi) is 6.96. The number of rotatable bonds is 7. The minimum Gasteiger partial charge on any atom is -0.391 e. The second kappa shape index (κ2) is 7.99. The number of carbonyl (C=O) groups excluding carboxylic acids is 1. The van der Waals surface area contributed by atoms with Crippen LogP contribution in [0.2, 0.25) is 0 Å². The average molecular weight is 284 g/mol. The van der Waals surface area contributed by atoms with Gasteiger partial charge in [-0.2, -0.15) is 0 Å². The number of hydrogen-bond acceptors (Lipinski definition) is 3. The van der Waals surface area contributed by atoms with E-state index in [4.69, 9.17) is 0 Å². The highest BCUT2D eigenvalue weighted by Gasteiger charge is 2.34. The van der Waals surface area contributed by atoms with E-state index in [1.165, 1.54) is 0 Å². The van der Waals surface area contributed by atoms with Crippen LogP contribution in [0.1, 0.15) is 60.3 Å². The minimum absolute atomic E-state index is 0.0376. The van der Waals surface area contributed by atoms with E-state index in [1.807, 2.05) is 6.92 Å². The standard InChI is InChI=1S/C16H32N2O2/c1-6-14(7-2)15(19)10-17-16(20)13(5)18-11(3)8-9-12(18)4/h11-15,19H,6-10H2,1-5H3,(H,17,20). The molecule has 1 saturated heterocycles. The van der Waals surface area contributed by atoms with Gasteiger partial charge in [-0.3, -0.25) is 9.69 Å². The van der Waals surface area contributed by atoms with E-state index in [2.05, 4.69) is 37.9 Å². The number of nitrogens with zero attached hydrogens (tertiary/aromatic N) is 1. The molecule has 20 heavy (non-hydrogen) atoms. The molecule has 0 bridgehead atoms. The van der Waals surface area contributed by atoms with Gasteiger partial charge in [-0.1, -0.05) is 26.7 Å². The molecule has 118 valence electrons. The summed E-state index contributed by atoms with van der Waals surface area (Å²) in [4.78, 5) is 14.6. The van der Waals surface area contributed by atoms with E-state index >= 15 is 0 Å². The van der Waals surface area contributed by atoms with Crippen molar-refractivity contribution in [2.75, 3.05) is 6.54 Å². The maximum absolute atomic E-state index is 12.3. The van der Waals surface area contributed by atoms with Crippen LogP contribution in [0.4, 0.5) is 0 Å². The maximum Gasteiger partial charge on any atom is 0.237 e. The zero-order valence-electron chi connectivity index (χ0n) is 13.7. The zero-order valence-corrected chi connectivity index (χ0v) is 13.7. The lowest BCUT2D eigenvalue weighted by atomic mass is 9.96. The summed E-state index contributed by atoms with van der Waals surface area (Å²) in [6.45, 7) is 10.9. The third-order valence-corrected chi connectivity index (χ3v) is 4.93. The highest BCUT2D eigenvalue weighted by molar-refractivity contribution is 5.81. The fraction of sp³-hybridized carbons (Fsp3) is 0.938. The van der Waals surface area contributed by atoms with Gasteiger partial charge in [0.25, 0.3) is 0 Å². The number of likely N-dealkylation sites (tertiary alicyclic amines) is 1. The van der Waals surface area contributed by atoms with Crippen LogP contribution in [-0.2, 0) is 4.79 Å². The molecule has 0 aromatic heterocycles. The molecular weight excluding hydrogens is 252 g/mol. The number of aliphatic hydroxyl groups is 1. The van der Waals surface area contributed by atoms with Crippen LogP contribution in [0.25, 0.3) is 0 Å². The van der Waals surface area contributed by atoms with Crippen LogP contribution >= 0.6 is 0 Å². The molecule has 0 aromatic carbocycles. The molecule has 4 unspecified atom stereocenters. The fourth-order valence-corrected chi connectivity index (χ4v) is 3.47. The Balaban J connectivity index is 2.46. The monoisotopic (exact) mass is 284 g/mol. The molecule has 4 heteroatoms. The van der Waals surface area contributed by atoms with Crippen molar-refractivity contribution in [1.82, 2.24) is 10.2 Å². The van der Waals surface area contributed by atoms with Crippen LogP contribution in [0, 0.1) is 5.92 Å². The third-order valence-electron chi connectivity index (χ3n) is 4.93. The molecule has 1 amide bonds. The molecule has 4 atom stereocenters. The first-order valence-corrected chi connectivity index (χ1v) is 8.15. The first kappa shape index (κ1) is 17.4. The van der Waals surface area contributed by atoms with E-state index < -0.39 is 6.10 Å². The number of hydrogen-bond donors (Lipinski definition) is 2. The lowest BCUT2D eigenvalue weighted by Gasteiger charge is -2.32. The lowest BCUT2D eigenvalue weighted by molar-refractivity contribution is -0.127. The van der Waals surface area contributed by atoms with Gasteiger partial charge in [0, 0.05) is 18.6 Å². The van der Waals surface area contributed by atoms with Gasteiger partial charge in [0.05, 0.1) is 12.1 Å². The van der Waals surface area contributed by atoms with Crippen LogP contribution in [0.3, 0.4) is 0 Å². The maximum atomic E-state index is 12.3. The van der Waals surface area contributed by atoms with Crippen molar-refractivity contribution in [1.29, 1.82) is 0 Å². The molecule has 2 N–H and O–H groups in total. The van der Waals surface area contributed by atoms with Gasteiger partial charge in [-0.05, 0) is 39.5 Å². The second-order valence-corrected chi connectivity index (χ2v) is 6.29. The van der Waals surface area contributed by atoms with Gasteiger partial charge in [0.1, 0.15) is 0 Å². The van der Waals surface area contributed by atoms with Gasteiger partial charge in [0.15, 0.2) is 0 Å². The average Bonchev–Trinajstić information content (AvgIpc) is 2.76. The topological polar surface area (TPSA) is 52.6 Å². The highest BCUT2D eigenvalue weighted by atomic mass is 16.3. The molecule has 0 aliphatic carbocycles. The summed E-state index contributed by atoms with van der Waals surface area (Å²) in [7, 11) is 0. The Labute approximate surface area is 123 Å². The van der Waals surface area contributed by atoms with Crippen molar-refractivity contribution >= 4 is 5.91 Å². The second-order valence-electron chi connectivity index (χ2n) is 6.29. The van der Waals surface area contributed by atoms with E-state index in [1.54, 1.807) is 0 Å². The van der Waals surface area contributed by atoms with E-state index in [-0.39, 0.29) is 17.9 Å². The highest BCUT2D eigenvalue weighted by Crippen LogP contribution is 2.25. The van der Waals surface area contributed by atoms with E-state index in [0.717, 1.165) is 25.7 Å². The predicted molar refractivity (Wildman–Crippen MR) is 82.5 cm³/mol. The molecule has 0 aromatic rings. The van der Waals surface area contributed by atoms with Crippen molar-refractivity contribution in [3.8, 4) is 0 Å². The number of nitrogens with one attached hydrogen (secondary N) is 1. The molecular formula is C16H32N2O2. The quantitative estimate of drug-likeness (QED) is 0.753. The molecule has 1 fully saturated rings. The van der Waals surface area contributed by atoms with Crippen LogP contribution in [-0.4, -0.2) is 46.7 Å². The van der Waals surface area contributed by atoms with Crippen molar-refractivity contribution in [3.63, 3.8) is 0 Å². The third kappa shape index (κ3) is 4.19. The van der Waals surface area contributed by atoms with Crippen LogP contribution < -0.4 is 5.32 Å². The predicted octanol–water partition coefficient (Wildman–Crippen LogP) is 2.16. The van der Waals surface area contributed by atoms with Crippen molar-refractivity contribution in [2.45, 2.75) is 84.5 Å². The summed E-state index contributed by atoms with van der Waals surface area (Å²) in [5.41, 5.74) is 0. The Morgan fingerprint density at radius 3 is 2.20 bits per heavy atom. The minimum atomic E-state index is -0.436. The molecule has 1 heterocycles. The largest absolute Gasteiger partial charge is 0.391 e. The van der Waals surface area contributed by atoms with Crippen molar-refractivity contribution in [3.05, 3.63) is 0 Å². The van der Waals surface area contributed by atoms with Crippen molar-refractivity contribution < 1.29 is 9.90 Å². The Hall–Kier alpha value is -0.610. The lowest BCUT2D eigenvalue weighted by Crippen LogP contribution is -2.50. The van der Waals surface area contributed by atoms with Gasteiger partial charge in [-0.15, -0.1) is 0 Å². The van der Waals surface area contributed by atoms with E-state index in [9.17, 15) is 9.90 Å². The Morgan fingerprint density at radius 2 is 1.75 bits per heavy atom. The SMILES string of the molecule is CCC(CC)C(O)CNC(=O)C(C)N1C(C)CCC1C. The first-order chi connectivity index (χ1) is 9.42. The molecule has 4 nitrogen and oxygen atoms in total. The molecule has 1 aliphatic rings. The number of amides is 1. The smallest absolute Gasteiger partial charge is 0.237 e. The molecule has 0 saturated carbocycles. The summed E-state index contributed by atoms with van der Waals surface area (Å²) >= 11 is 0. The van der Waals surface area contributed by atoms with Crippen LogP contribution in [0.15, 0.2) is 0 Å². The number of carbonyl (C=O) groups is 1. The van der Waals surface area contributed by atoms with Crippen molar-refractivity contribution in [2.24, 2.45) is 5.92 Å². The molecule has 0 radical (unpaired) electrons. The Morgan fingerprint density at radius 1 is 1.25 bits per heavy atom. The summed E-state index contributed by atoms with van der Waals surface area (Å²) in [5.74, 6) is 0.311. The first-order valence-electron chi connectivity index (χ1n) is 8.15. The molecule has 1 rings (SSSR count). The fourth-order valence-electron chi connectivity index (χ4n) is 3.47. The Bertz CT molecular complexity index is 295. The summed E-state index contributed by atoms with van der Waals surface area (Å²) in [6.07, 6.45) is 3.78. The molecule has 1 aliphatic heterocycles. The van der Waals surface area contributed by atoms with Gasteiger partial charge >= 0.3 is 0 Å². The van der Waals surface area contributed by atoms with Gasteiger partial charge in [-0.25, -0.2) is 0 Å². The summed E-state index contributed by atoms with van der Waals surface area (Å²) < 4.78 is 0. The zero-order chi connectivity index (χ0) is 15.3. The van der Waals surface area contributed by atoms with Crippen LogP contribution in [0.5, 0.6) is 0 Å². The normalized spacial score (nSPS) is 26.8. The number of aliphatic hydroxyl groups excluding tert-OH is 1. The van der Waals surface area contributed by atoms with E-state index in [0.29, 0.717) is 18.6 Å². The van der Waals surface area contributed by atoms with Gasteiger partial charge < -0.3 is 10.4 Å². The molecule has 0 spiro atoms. The summed E-state index contributed by atoms with van der Waals surface area (Å²) in [5, 5.41) is 13.0.